The Morgan fingerprint density at radius 1 is 1.31 bits per heavy atom. The molecule has 0 aliphatic rings. The molecule has 1 atom stereocenters. The molecule has 0 saturated carbocycles. The Morgan fingerprint density at radius 3 is 2.06 bits per heavy atom. The van der Waals surface area contributed by atoms with Crippen LogP contribution in [0, 0.1) is 11.6 Å². The molecular weight excluding hydrogens is 216 g/mol. The van der Waals surface area contributed by atoms with E-state index >= 15 is 0 Å². The zero-order valence-corrected chi connectivity index (χ0v) is 9.29. The summed E-state index contributed by atoms with van der Waals surface area (Å²) in [6, 6.07) is 3.29. The van der Waals surface area contributed by atoms with Crippen LogP contribution in [-0.4, -0.2) is 30.1 Å². The number of nitrogens with zero attached hydrogens (tertiary/aromatic N) is 1. The van der Waals surface area contributed by atoms with Gasteiger partial charge in [0.25, 0.3) is 0 Å². The molecule has 0 fully saturated rings. The molecule has 0 amide bonds. The van der Waals surface area contributed by atoms with Crippen LogP contribution in [0.4, 0.5) is 8.78 Å². The number of benzene rings is 1. The van der Waals surface area contributed by atoms with Crippen LogP contribution in [-0.2, 0) is 10.3 Å². The van der Waals surface area contributed by atoms with Crippen LogP contribution in [0.2, 0.25) is 0 Å². The van der Waals surface area contributed by atoms with Crippen molar-refractivity contribution >= 4 is 5.97 Å². The van der Waals surface area contributed by atoms with Gasteiger partial charge >= 0.3 is 5.97 Å². The normalized spacial score (nSPS) is 14.9. The van der Waals surface area contributed by atoms with Crippen molar-refractivity contribution in [2.75, 3.05) is 14.1 Å². The lowest BCUT2D eigenvalue weighted by Crippen LogP contribution is -2.47. The molecule has 1 rings (SSSR count). The molecule has 0 saturated heterocycles. The van der Waals surface area contributed by atoms with Crippen LogP contribution in [0.5, 0.6) is 0 Å². The second-order valence-corrected chi connectivity index (χ2v) is 3.87. The molecule has 0 bridgehead atoms. The Labute approximate surface area is 92.3 Å². The lowest BCUT2D eigenvalue weighted by molar-refractivity contribution is -0.149. The number of carboxylic acids is 1. The molecule has 1 aromatic rings. The molecule has 0 heterocycles. The third-order valence-corrected chi connectivity index (χ3v) is 2.76. The molecule has 0 aromatic heterocycles. The van der Waals surface area contributed by atoms with Crippen molar-refractivity contribution in [3.05, 3.63) is 35.4 Å². The van der Waals surface area contributed by atoms with E-state index < -0.39 is 28.7 Å². The van der Waals surface area contributed by atoms with Crippen molar-refractivity contribution in [1.29, 1.82) is 0 Å². The lowest BCUT2D eigenvalue weighted by Gasteiger charge is -2.32. The molecule has 16 heavy (non-hydrogen) atoms. The second kappa shape index (κ2) is 4.17. The number of aliphatic carboxylic acids is 1. The van der Waals surface area contributed by atoms with Crippen LogP contribution < -0.4 is 0 Å². The average Bonchev–Trinajstić information content (AvgIpc) is 2.16. The Bertz CT molecular complexity index is 400. The number of carboxylic acid groups (broad SMARTS) is 1. The summed E-state index contributed by atoms with van der Waals surface area (Å²) in [4.78, 5) is 12.5. The maximum absolute atomic E-state index is 13.5. The minimum Gasteiger partial charge on any atom is -0.480 e. The standard InChI is InChI=1S/C11H13F2NO2/c1-11(10(15)16,14(2)3)9-7(12)5-4-6-8(9)13/h4-6H,1-3H3,(H,15,16)/t11-/m0/s1. The third-order valence-electron chi connectivity index (χ3n) is 2.76. The highest BCUT2D eigenvalue weighted by Gasteiger charge is 2.42. The third kappa shape index (κ3) is 1.78. The molecule has 5 heteroatoms. The Morgan fingerprint density at radius 2 is 1.75 bits per heavy atom. The second-order valence-electron chi connectivity index (χ2n) is 3.87. The van der Waals surface area contributed by atoms with Crippen molar-refractivity contribution in [3.8, 4) is 0 Å². The van der Waals surface area contributed by atoms with Gasteiger partial charge in [-0.3, -0.25) is 4.90 Å². The van der Waals surface area contributed by atoms with Gasteiger partial charge in [-0.1, -0.05) is 6.07 Å². The molecule has 0 aliphatic carbocycles. The van der Waals surface area contributed by atoms with Crippen molar-refractivity contribution in [1.82, 2.24) is 4.90 Å². The van der Waals surface area contributed by atoms with E-state index in [2.05, 4.69) is 0 Å². The van der Waals surface area contributed by atoms with Crippen molar-refractivity contribution < 1.29 is 18.7 Å². The first-order valence-electron chi connectivity index (χ1n) is 4.67. The molecule has 3 nitrogen and oxygen atoms in total. The van der Waals surface area contributed by atoms with Crippen LogP contribution >= 0.6 is 0 Å². The number of rotatable bonds is 3. The van der Waals surface area contributed by atoms with Crippen molar-refractivity contribution in [2.24, 2.45) is 0 Å². The molecule has 88 valence electrons. The number of halogens is 2. The van der Waals surface area contributed by atoms with Crippen molar-refractivity contribution in [2.45, 2.75) is 12.5 Å². The first-order chi connectivity index (χ1) is 7.31. The predicted octanol–water partition coefficient (Wildman–Crippen LogP) is 1.83. The van der Waals surface area contributed by atoms with E-state index in [0.29, 0.717) is 0 Å². The van der Waals surface area contributed by atoms with Gasteiger partial charge in [-0.05, 0) is 33.2 Å². The fourth-order valence-electron chi connectivity index (χ4n) is 1.48. The van der Waals surface area contributed by atoms with Gasteiger partial charge in [0.05, 0.1) is 5.56 Å². The van der Waals surface area contributed by atoms with E-state index in [1.165, 1.54) is 32.0 Å². The summed E-state index contributed by atoms with van der Waals surface area (Å²) in [6.45, 7) is 1.26. The van der Waals surface area contributed by atoms with Gasteiger partial charge in [0.1, 0.15) is 17.2 Å². The highest BCUT2D eigenvalue weighted by atomic mass is 19.1. The van der Waals surface area contributed by atoms with Gasteiger partial charge in [-0.25, -0.2) is 13.6 Å². The first kappa shape index (κ1) is 12.6. The fraction of sp³-hybridized carbons (Fsp3) is 0.364. The minimum absolute atomic E-state index is 0.451. The van der Waals surface area contributed by atoms with Gasteiger partial charge < -0.3 is 5.11 Å². The maximum Gasteiger partial charge on any atom is 0.328 e. The van der Waals surface area contributed by atoms with Crippen LogP contribution in [0.3, 0.4) is 0 Å². The number of hydrogen-bond donors (Lipinski definition) is 1. The van der Waals surface area contributed by atoms with Crippen LogP contribution in [0.25, 0.3) is 0 Å². The van der Waals surface area contributed by atoms with E-state index in [1.54, 1.807) is 0 Å². The summed E-state index contributed by atoms with van der Waals surface area (Å²) in [6.07, 6.45) is 0. The molecule has 1 N–H and O–H groups in total. The maximum atomic E-state index is 13.5. The summed E-state index contributed by atoms with van der Waals surface area (Å²) in [5.74, 6) is -3.03. The summed E-state index contributed by atoms with van der Waals surface area (Å²) in [7, 11) is 2.92. The fourth-order valence-corrected chi connectivity index (χ4v) is 1.48. The number of hydrogen-bond acceptors (Lipinski definition) is 2. The van der Waals surface area contributed by atoms with E-state index in [4.69, 9.17) is 5.11 Å². The van der Waals surface area contributed by atoms with Gasteiger partial charge in [0.2, 0.25) is 0 Å². The highest BCUT2D eigenvalue weighted by Crippen LogP contribution is 2.30. The molecule has 0 unspecified atom stereocenters. The monoisotopic (exact) mass is 229 g/mol. The number of carbonyl (C=O) groups is 1. The Balaban J connectivity index is 3.50. The first-order valence-corrected chi connectivity index (χ1v) is 4.67. The SMILES string of the molecule is CN(C)[C@](C)(C(=O)O)c1c(F)cccc1F. The van der Waals surface area contributed by atoms with E-state index in [0.717, 1.165) is 12.1 Å². The van der Waals surface area contributed by atoms with Gasteiger partial charge in [-0.15, -0.1) is 0 Å². The average molecular weight is 229 g/mol. The van der Waals surface area contributed by atoms with Crippen LogP contribution in [0.15, 0.2) is 18.2 Å². The summed E-state index contributed by atoms with van der Waals surface area (Å²) in [5, 5.41) is 9.13. The zero-order chi connectivity index (χ0) is 12.5. The van der Waals surface area contributed by atoms with E-state index in [-0.39, 0.29) is 0 Å². The van der Waals surface area contributed by atoms with Crippen molar-refractivity contribution in [3.63, 3.8) is 0 Å². The quantitative estimate of drug-likeness (QED) is 0.859. The smallest absolute Gasteiger partial charge is 0.328 e. The topological polar surface area (TPSA) is 40.5 Å². The summed E-state index contributed by atoms with van der Waals surface area (Å²) >= 11 is 0. The van der Waals surface area contributed by atoms with Crippen LogP contribution in [0.1, 0.15) is 12.5 Å². The minimum atomic E-state index is -1.73. The zero-order valence-electron chi connectivity index (χ0n) is 9.29. The van der Waals surface area contributed by atoms with Gasteiger partial charge in [0.15, 0.2) is 0 Å². The molecule has 1 aromatic carbocycles. The predicted molar refractivity (Wildman–Crippen MR) is 55.0 cm³/mol. The van der Waals surface area contributed by atoms with Gasteiger partial charge in [0, 0.05) is 0 Å². The molecule has 0 radical (unpaired) electrons. The number of likely N-dealkylation sites (N-methyl/N-ethyl adjacent to an activating group) is 1. The molecule has 0 spiro atoms. The lowest BCUT2D eigenvalue weighted by atomic mass is 9.90. The van der Waals surface area contributed by atoms with E-state index in [1.807, 2.05) is 0 Å². The van der Waals surface area contributed by atoms with Gasteiger partial charge in [-0.2, -0.15) is 0 Å². The largest absolute Gasteiger partial charge is 0.480 e. The molecular formula is C11H13F2NO2. The Hall–Kier alpha value is -1.49. The summed E-state index contributed by atoms with van der Waals surface area (Å²) < 4.78 is 27.1. The molecule has 0 aliphatic heterocycles. The van der Waals surface area contributed by atoms with E-state index in [9.17, 15) is 13.6 Å². The summed E-state index contributed by atoms with van der Waals surface area (Å²) in [5.41, 5.74) is -2.18. The highest BCUT2D eigenvalue weighted by molar-refractivity contribution is 5.80. The Kier molecular flexibility index (Phi) is 3.28.